The molecule has 1 aromatic rings. The fourth-order valence-corrected chi connectivity index (χ4v) is 2.40. The van der Waals surface area contributed by atoms with Crippen LogP contribution in [0.4, 0.5) is 5.69 Å². The first-order valence-corrected chi connectivity index (χ1v) is 6.16. The summed E-state index contributed by atoms with van der Waals surface area (Å²) in [7, 11) is 8.48. The van der Waals surface area contributed by atoms with Crippen LogP contribution in [0.25, 0.3) is 0 Å². The summed E-state index contributed by atoms with van der Waals surface area (Å²) in [6.45, 7) is 2.30. The molecule has 0 spiro atoms. The Morgan fingerprint density at radius 2 is 1.82 bits per heavy atom. The van der Waals surface area contributed by atoms with E-state index < -0.39 is 0 Å². The summed E-state index contributed by atoms with van der Waals surface area (Å²) < 4.78 is 2.34. The van der Waals surface area contributed by atoms with Crippen LogP contribution in [0.15, 0.2) is 24.3 Å². The highest BCUT2D eigenvalue weighted by Crippen LogP contribution is 2.15. The van der Waals surface area contributed by atoms with Crippen LogP contribution in [-0.4, -0.2) is 56.6 Å². The Labute approximate surface area is 104 Å². The van der Waals surface area contributed by atoms with Gasteiger partial charge in [-0.3, -0.25) is 9.48 Å². The van der Waals surface area contributed by atoms with Gasteiger partial charge >= 0.3 is 0 Å². The fourth-order valence-electron chi connectivity index (χ4n) is 2.40. The Balaban J connectivity index is 2.33. The second-order valence-electron chi connectivity index (χ2n) is 4.96. The third kappa shape index (κ3) is 2.43. The molecule has 1 aromatic carbocycles. The predicted octanol–water partition coefficient (Wildman–Crippen LogP) is 1.48. The first-order valence-electron chi connectivity index (χ1n) is 6.16. The molecule has 1 heterocycles. The van der Waals surface area contributed by atoms with Crippen molar-refractivity contribution in [3.05, 3.63) is 29.8 Å². The number of benzene rings is 1. The zero-order chi connectivity index (χ0) is 12.4. The quantitative estimate of drug-likeness (QED) is 0.714. The molecule has 0 bridgehead atoms. The topological polar surface area (TPSA) is 9.49 Å². The molecule has 0 radical (unpaired) electrons. The highest BCUT2D eigenvalue weighted by molar-refractivity contribution is 5.95. The van der Waals surface area contributed by atoms with E-state index in [1.807, 2.05) is 0 Å². The highest BCUT2D eigenvalue weighted by atomic mass is 15.2. The zero-order valence-corrected chi connectivity index (χ0v) is 11.3. The van der Waals surface area contributed by atoms with Crippen molar-refractivity contribution >= 4 is 11.5 Å². The first-order chi connectivity index (χ1) is 8.09. The van der Waals surface area contributed by atoms with Crippen LogP contribution in [0, 0.1) is 0 Å². The maximum Gasteiger partial charge on any atom is 0.278 e. The summed E-state index contributed by atoms with van der Waals surface area (Å²) in [5.41, 5.74) is 2.55. The van der Waals surface area contributed by atoms with E-state index in [0.717, 1.165) is 13.1 Å². The van der Waals surface area contributed by atoms with Crippen LogP contribution in [0.2, 0.25) is 0 Å². The van der Waals surface area contributed by atoms with Crippen LogP contribution >= 0.6 is 0 Å². The normalized spacial score (nSPS) is 16.4. The minimum Gasteiger partial charge on any atom is -0.378 e. The van der Waals surface area contributed by atoms with E-state index >= 15 is 0 Å². The SMILES string of the molecule is CN1CCC[N+](C)=C1c1ccc(N(C)C)cc1. The second kappa shape index (κ2) is 4.78. The molecule has 0 N–H and O–H groups in total. The van der Waals surface area contributed by atoms with Crippen molar-refractivity contribution in [2.45, 2.75) is 6.42 Å². The van der Waals surface area contributed by atoms with E-state index in [9.17, 15) is 0 Å². The van der Waals surface area contributed by atoms with Crippen molar-refractivity contribution in [3.63, 3.8) is 0 Å². The van der Waals surface area contributed by atoms with Gasteiger partial charge < -0.3 is 4.90 Å². The largest absolute Gasteiger partial charge is 0.378 e. The lowest BCUT2D eigenvalue weighted by Gasteiger charge is -2.22. The summed E-state index contributed by atoms with van der Waals surface area (Å²) in [5.74, 6) is 1.33. The smallest absolute Gasteiger partial charge is 0.278 e. The van der Waals surface area contributed by atoms with E-state index in [-0.39, 0.29) is 0 Å². The molecule has 1 aliphatic heterocycles. The Morgan fingerprint density at radius 3 is 2.35 bits per heavy atom. The van der Waals surface area contributed by atoms with Crippen molar-refractivity contribution in [3.8, 4) is 0 Å². The van der Waals surface area contributed by atoms with Gasteiger partial charge in [0.15, 0.2) is 0 Å². The molecule has 3 heteroatoms. The molecule has 92 valence electrons. The van der Waals surface area contributed by atoms with Crippen molar-refractivity contribution in [1.29, 1.82) is 0 Å². The number of hydrogen-bond acceptors (Lipinski definition) is 2. The van der Waals surface area contributed by atoms with Gasteiger partial charge in [-0.1, -0.05) is 0 Å². The number of amidine groups is 1. The Bertz CT molecular complexity index is 418. The number of hydrogen-bond donors (Lipinski definition) is 0. The number of nitrogens with zero attached hydrogens (tertiary/aromatic N) is 3. The molecule has 17 heavy (non-hydrogen) atoms. The molecule has 0 unspecified atom stereocenters. The molecule has 3 nitrogen and oxygen atoms in total. The van der Waals surface area contributed by atoms with Gasteiger partial charge in [-0.05, 0) is 24.3 Å². The van der Waals surface area contributed by atoms with Crippen molar-refractivity contribution in [2.75, 3.05) is 46.2 Å². The number of anilines is 1. The Kier molecular flexibility index (Phi) is 3.36. The minimum atomic E-state index is 1.15. The van der Waals surface area contributed by atoms with Crippen molar-refractivity contribution in [1.82, 2.24) is 4.90 Å². The Hall–Kier alpha value is -1.51. The molecule has 0 aliphatic carbocycles. The molecule has 0 saturated carbocycles. The van der Waals surface area contributed by atoms with Gasteiger partial charge in [0.25, 0.3) is 5.84 Å². The first kappa shape index (κ1) is 12.0. The summed E-state index contributed by atoms with van der Waals surface area (Å²) in [4.78, 5) is 4.47. The second-order valence-corrected chi connectivity index (χ2v) is 4.96. The third-order valence-corrected chi connectivity index (χ3v) is 3.35. The van der Waals surface area contributed by atoms with E-state index in [4.69, 9.17) is 0 Å². The van der Waals surface area contributed by atoms with E-state index in [0.29, 0.717) is 0 Å². The lowest BCUT2D eigenvalue weighted by molar-refractivity contribution is -0.507. The Morgan fingerprint density at radius 1 is 1.18 bits per heavy atom. The number of rotatable bonds is 2. The summed E-state index contributed by atoms with van der Waals surface area (Å²) in [6, 6.07) is 8.78. The molecule has 1 aliphatic rings. The molecular formula is C14H22N3+. The average molecular weight is 232 g/mol. The van der Waals surface area contributed by atoms with Crippen LogP contribution in [-0.2, 0) is 0 Å². The highest BCUT2D eigenvalue weighted by Gasteiger charge is 2.23. The lowest BCUT2D eigenvalue weighted by atomic mass is 10.1. The van der Waals surface area contributed by atoms with Gasteiger partial charge in [0.05, 0.1) is 32.7 Å². The van der Waals surface area contributed by atoms with Gasteiger partial charge in [-0.25, -0.2) is 0 Å². The third-order valence-electron chi connectivity index (χ3n) is 3.35. The molecular weight excluding hydrogens is 210 g/mol. The lowest BCUT2D eigenvalue weighted by Crippen LogP contribution is -2.41. The summed E-state index contributed by atoms with van der Waals surface area (Å²) in [6.07, 6.45) is 1.24. The zero-order valence-electron chi connectivity index (χ0n) is 11.3. The van der Waals surface area contributed by atoms with Gasteiger partial charge in [-0.2, -0.15) is 0 Å². The average Bonchev–Trinajstić information content (AvgIpc) is 2.29. The maximum atomic E-state index is 2.34. The predicted molar refractivity (Wildman–Crippen MR) is 73.2 cm³/mol. The van der Waals surface area contributed by atoms with E-state index in [1.54, 1.807) is 0 Å². The molecule has 0 fully saturated rings. The maximum absolute atomic E-state index is 2.34. The van der Waals surface area contributed by atoms with Crippen molar-refractivity contribution < 1.29 is 4.58 Å². The van der Waals surface area contributed by atoms with Crippen LogP contribution in [0.5, 0.6) is 0 Å². The van der Waals surface area contributed by atoms with Crippen LogP contribution in [0.1, 0.15) is 12.0 Å². The van der Waals surface area contributed by atoms with Crippen molar-refractivity contribution in [2.24, 2.45) is 0 Å². The monoisotopic (exact) mass is 232 g/mol. The molecule has 0 amide bonds. The molecule has 0 saturated heterocycles. The van der Waals surface area contributed by atoms with E-state index in [2.05, 4.69) is 66.8 Å². The van der Waals surface area contributed by atoms with Gasteiger partial charge in [0, 0.05) is 26.2 Å². The fraction of sp³-hybridized carbons (Fsp3) is 0.500. The van der Waals surface area contributed by atoms with Gasteiger partial charge in [0.2, 0.25) is 0 Å². The van der Waals surface area contributed by atoms with Gasteiger partial charge in [-0.15, -0.1) is 0 Å². The molecule has 2 rings (SSSR count). The van der Waals surface area contributed by atoms with Crippen LogP contribution < -0.4 is 4.90 Å². The van der Waals surface area contributed by atoms with Gasteiger partial charge in [0.1, 0.15) is 0 Å². The summed E-state index contributed by atoms with van der Waals surface area (Å²) >= 11 is 0. The summed E-state index contributed by atoms with van der Waals surface area (Å²) in [5, 5.41) is 0. The molecule has 0 aromatic heterocycles. The van der Waals surface area contributed by atoms with Crippen LogP contribution in [0.3, 0.4) is 0 Å². The molecule has 0 atom stereocenters. The standard InChI is InChI=1S/C14H22N3/c1-15(2)13-8-6-12(7-9-13)14-16(3)10-5-11-17(14)4/h6-9H,5,10-11H2,1-4H3/q+1. The minimum absolute atomic E-state index is 1.15. The van der Waals surface area contributed by atoms with E-state index in [1.165, 1.54) is 23.5 Å².